The van der Waals surface area contributed by atoms with E-state index in [9.17, 15) is 24.9 Å². The van der Waals surface area contributed by atoms with Gasteiger partial charge in [0.15, 0.2) is 0 Å². The largest absolute Gasteiger partial charge is 0.421 e. The highest BCUT2D eigenvalue weighted by Crippen LogP contribution is 2.70. The number of hydrogen-bond donors (Lipinski definition) is 3. The van der Waals surface area contributed by atoms with Gasteiger partial charge in [-0.15, -0.1) is 0 Å². The van der Waals surface area contributed by atoms with E-state index >= 15 is 0 Å². The molecule has 3 N–H and O–H groups in total. The highest BCUT2D eigenvalue weighted by Gasteiger charge is 2.65. The number of cyclic esters (lactones) is 1. The third-order valence-corrected chi connectivity index (χ3v) is 10.3. The zero-order valence-electron chi connectivity index (χ0n) is 21.3. The molecule has 0 saturated heterocycles. The molecule has 2 unspecified atom stereocenters. The van der Waals surface area contributed by atoms with Crippen LogP contribution in [-0.4, -0.2) is 51.9 Å². The molecule has 7 heteroatoms. The zero-order valence-corrected chi connectivity index (χ0v) is 21.3. The lowest BCUT2D eigenvalue weighted by atomic mass is 9.38. The van der Waals surface area contributed by atoms with Crippen LogP contribution >= 0.6 is 0 Å². The summed E-state index contributed by atoms with van der Waals surface area (Å²) < 4.78 is 10.2. The number of fused-ring (bicyclic) bond motifs is 3. The maximum atomic E-state index is 11.9. The highest BCUT2D eigenvalue weighted by atomic mass is 16.7. The molecule has 0 radical (unpaired) electrons. The third kappa shape index (κ3) is 4.01. The fourth-order valence-electron chi connectivity index (χ4n) is 8.89. The Morgan fingerprint density at radius 1 is 1.12 bits per heavy atom. The summed E-state index contributed by atoms with van der Waals surface area (Å²) in [7, 11) is 0. The minimum absolute atomic E-state index is 0.140. The van der Waals surface area contributed by atoms with Crippen molar-refractivity contribution in [2.24, 2.45) is 34.0 Å². The number of carbonyl (C=O) groups excluding carboxylic acids is 2. The van der Waals surface area contributed by atoms with Gasteiger partial charge in [0.1, 0.15) is 0 Å². The Hall–Kier alpha value is -1.44. The van der Waals surface area contributed by atoms with Crippen molar-refractivity contribution in [1.82, 2.24) is 0 Å². The second kappa shape index (κ2) is 8.59. The van der Waals surface area contributed by atoms with Crippen molar-refractivity contribution in [2.45, 2.75) is 104 Å². The van der Waals surface area contributed by atoms with Crippen LogP contribution in [0.25, 0.3) is 0 Å². The van der Waals surface area contributed by atoms with Crippen molar-refractivity contribution < 1.29 is 34.4 Å². The quantitative estimate of drug-likeness (QED) is 0.518. The first-order valence-corrected chi connectivity index (χ1v) is 12.9. The van der Waals surface area contributed by atoms with Crippen LogP contribution in [0.2, 0.25) is 0 Å². The predicted molar refractivity (Wildman–Crippen MR) is 125 cm³/mol. The molecular weight excluding hydrogens is 436 g/mol. The second-order valence-electron chi connectivity index (χ2n) is 12.6. The van der Waals surface area contributed by atoms with Crippen molar-refractivity contribution in [1.29, 1.82) is 0 Å². The molecule has 3 aliphatic carbocycles. The van der Waals surface area contributed by atoms with Crippen LogP contribution in [-0.2, 0) is 19.1 Å². The first-order valence-electron chi connectivity index (χ1n) is 12.9. The van der Waals surface area contributed by atoms with Gasteiger partial charge >= 0.3 is 11.9 Å². The van der Waals surface area contributed by atoms with E-state index < -0.39 is 29.9 Å². The fraction of sp³-hybridized carbons (Fsp3) is 0.852. The molecule has 0 aromatic heterocycles. The van der Waals surface area contributed by atoms with Crippen LogP contribution in [0.1, 0.15) is 86.0 Å². The molecule has 8 atom stereocenters. The summed E-state index contributed by atoms with van der Waals surface area (Å²) in [5, 5.41) is 33.1. The molecule has 192 valence electrons. The summed E-state index contributed by atoms with van der Waals surface area (Å²) in [5.41, 5.74) is -0.986. The molecule has 3 saturated carbocycles. The lowest BCUT2D eigenvalue weighted by molar-refractivity contribution is -0.228. The van der Waals surface area contributed by atoms with Gasteiger partial charge < -0.3 is 24.8 Å². The number of hydrogen-bond acceptors (Lipinski definition) is 7. The van der Waals surface area contributed by atoms with Gasteiger partial charge in [-0.1, -0.05) is 34.1 Å². The molecule has 7 nitrogen and oxygen atoms in total. The maximum Gasteiger partial charge on any atom is 0.334 e. The lowest BCUT2D eigenvalue weighted by Crippen LogP contribution is -2.64. The van der Waals surface area contributed by atoms with E-state index in [1.54, 1.807) is 0 Å². The van der Waals surface area contributed by atoms with Crippen molar-refractivity contribution in [2.75, 3.05) is 6.61 Å². The minimum Gasteiger partial charge on any atom is -0.421 e. The van der Waals surface area contributed by atoms with Crippen LogP contribution in [0, 0.1) is 34.0 Å². The average molecular weight is 479 g/mol. The van der Waals surface area contributed by atoms with Crippen LogP contribution in [0.5, 0.6) is 0 Å². The number of aliphatic hydroxyl groups is 3. The van der Waals surface area contributed by atoms with Gasteiger partial charge in [0.25, 0.3) is 6.29 Å². The fourth-order valence-corrected chi connectivity index (χ4v) is 8.89. The summed E-state index contributed by atoms with van der Waals surface area (Å²) in [5.74, 6) is -0.684. The van der Waals surface area contributed by atoms with E-state index in [0.717, 1.165) is 25.7 Å². The molecule has 4 aliphatic rings. The van der Waals surface area contributed by atoms with Crippen LogP contribution < -0.4 is 0 Å². The Bertz CT molecular complexity index is 865. The smallest absolute Gasteiger partial charge is 0.334 e. The zero-order chi connectivity index (χ0) is 25.1. The standard InChI is InChI=1S/C27H42O7/c1-16(29)33-23-17(13-22(31)34-23)18(30)14-21-26(5)11-7-19-24(2,3)9-6-10-25(19,4)20(26)8-12-27(21,32)15-28/h13,18-21,23,28,30,32H,6-12,14-15H2,1-5H3/t18?,19-,20+,21+,23?,25-,26+,27+/m0/s1. The summed E-state index contributed by atoms with van der Waals surface area (Å²) >= 11 is 0. The SMILES string of the molecule is CC(=O)OC1OC(=O)C=C1C(O)C[C@H]1[C@](O)(CO)CC[C@@H]2[C@@]3(C)CCCC(C)(C)[C@@H]3CC[C@]21C. The van der Waals surface area contributed by atoms with E-state index in [4.69, 9.17) is 9.47 Å². The third-order valence-electron chi connectivity index (χ3n) is 10.3. The molecule has 0 aromatic rings. The molecular formula is C27H42O7. The topological polar surface area (TPSA) is 113 Å². The normalized spacial score (nSPS) is 44.4. The average Bonchev–Trinajstić information content (AvgIpc) is 3.09. The lowest BCUT2D eigenvalue weighted by Gasteiger charge is -2.68. The van der Waals surface area contributed by atoms with Gasteiger partial charge in [0, 0.05) is 18.6 Å². The first kappa shape index (κ1) is 25.6. The number of rotatable bonds is 5. The van der Waals surface area contributed by atoms with Crippen molar-refractivity contribution in [3.05, 3.63) is 11.6 Å². The summed E-state index contributed by atoms with van der Waals surface area (Å²) in [6.07, 6.45) is 5.86. The number of aliphatic hydroxyl groups excluding tert-OH is 2. The van der Waals surface area contributed by atoms with E-state index in [1.165, 1.54) is 25.8 Å². The molecule has 0 amide bonds. The van der Waals surface area contributed by atoms with E-state index in [2.05, 4.69) is 27.7 Å². The Balaban J connectivity index is 1.66. The van der Waals surface area contributed by atoms with Crippen molar-refractivity contribution >= 4 is 11.9 Å². The minimum atomic E-state index is -1.32. The predicted octanol–water partition coefficient (Wildman–Crippen LogP) is 3.49. The summed E-state index contributed by atoms with van der Waals surface area (Å²) in [6.45, 7) is 10.3. The molecule has 3 fully saturated rings. The molecule has 1 aliphatic heterocycles. The summed E-state index contributed by atoms with van der Waals surface area (Å²) in [4.78, 5) is 23.4. The maximum absolute atomic E-state index is 11.9. The highest BCUT2D eigenvalue weighted by molar-refractivity contribution is 5.86. The van der Waals surface area contributed by atoms with Gasteiger partial charge in [0.2, 0.25) is 0 Å². The second-order valence-corrected chi connectivity index (χ2v) is 12.6. The van der Waals surface area contributed by atoms with Crippen LogP contribution in [0.4, 0.5) is 0 Å². The van der Waals surface area contributed by atoms with Crippen LogP contribution in [0.15, 0.2) is 11.6 Å². The Morgan fingerprint density at radius 2 is 1.79 bits per heavy atom. The van der Waals surface area contributed by atoms with E-state index in [-0.39, 0.29) is 40.8 Å². The molecule has 1 heterocycles. The van der Waals surface area contributed by atoms with Gasteiger partial charge in [-0.05, 0) is 78.9 Å². The number of ether oxygens (including phenoxy) is 2. The van der Waals surface area contributed by atoms with Gasteiger partial charge in [-0.2, -0.15) is 0 Å². The Labute approximate surface area is 202 Å². The van der Waals surface area contributed by atoms with Gasteiger partial charge in [-0.3, -0.25) is 4.79 Å². The van der Waals surface area contributed by atoms with Crippen molar-refractivity contribution in [3.63, 3.8) is 0 Å². The van der Waals surface area contributed by atoms with Crippen molar-refractivity contribution in [3.8, 4) is 0 Å². The Morgan fingerprint density at radius 3 is 2.44 bits per heavy atom. The summed E-state index contributed by atoms with van der Waals surface area (Å²) in [6, 6.07) is 0. The van der Waals surface area contributed by atoms with Gasteiger partial charge in [-0.25, -0.2) is 4.79 Å². The Kier molecular flexibility index (Phi) is 6.48. The van der Waals surface area contributed by atoms with Gasteiger partial charge in [0.05, 0.1) is 18.3 Å². The number of esters is 2. The molecule has 34 heavy (non-hydrogen) atoms. The molecule has 4 rings (SSSR count). The molecule has 0 aromatic carbocycles. The van der Waals surface area contributed by atoms with Crippen LogP contribution in [0.3, 0.4) is 0 Å². The number of carbonyl (C=O) groups is 2. The molecule has 0 bridgehead atoms. The van der Waals surface area contributed by atoms with E-state index in [0.29, 0.717) is 18.3 Å². The molecule has 0 spiro atoms. The van der Waals surface area contributed by atoms with E-state index in [1.807, 2.05) is 0 Å². The first-order chi connectivity index (χ1) is 15.8. The monoisotopic (exact) mass is 478 g/mol.